The third kappa shape index (κ3) is 7.53. The monoisotopic (exact) mass is 1150 g/mol. The van der Waals surface area contributed by atoms with Crippen LogP contribution in [-0.2, 0) is 21.1 Å². The minimum Gasteiger partial charge on any atom is -0.510 e. The van der Waals surface area contributed by atoms with E-state index in [-0.39, 0.29) is 83.0 Å². The number of aromatic nitrogens is 5. The van der Waals surface area contributed by atoms with E-state index in [0.29, 0.717) is 33.1 Å². The second kappa shape index (κ2) is 18.5. The molecule has 0 aliphatic heterocycles. The second-order valence-electron chi connectivity index (χ2n) is 17.0. The molecule has 14 aromatic rings. The summed E-state index contributed by atoms with van der Waals surface area (Å²) in [5.74, 6) is 0.485. The van der Waals surface area contributed by atoms with Crippen LogP contribution in [0.15, 0.2) is 242 Å². The van der Waals surface area contributed by atoms with E-state index < -0.39 is 97.5 Å². The van der Waals surface area contributed by atoms with E-state index in [4.69, 9.17) is 34.4 Å². The molecule has 0 radical (unpaired) electrons. The maximum Gasteiger partial charge on any atom is 0.268 e. The zero-order valence-corrected chi connectivity index (χ0v) is 40.7. The van der Waals surface area contributed by atoms with E-state index in [1.54, 1.807) is 62.2 Å². The van der Waals surface area contributed by atoms with Crippen molar-refractivity contribution >= 4 is 54.6 Å². The summed E-state index contributed by atoms with van der Waals surface area (Å²) in [7, 11) is 0. The van der Waals surface area contributed by atoms with Crippen molar-refractivity contribution in [2.75, 3.05) is 0 Å². The quantitative estimate of drug-likeness (QED) is 0.107. The average Bonchev–Trinajstić information content (AvgIpc) is 1.41. The molecule has 0 spiro atoms. The van der Waals surface area contributed by atoms with Crippen molar-refractivity contribution in [1.82, 2.24) is 18.7 Å². The number of para-hydroxylation sites is 5. The largest absolute Gasteiger partial charge is 0.510 e. The summed E-state index contributed by atoms with van der Waals surface area (Å²) in [4.78, 5) is 4.79. The smallest absolute Gasteiger partial charge is 0.268 e. The summed E-state index contributed by atoms with van der Waals surface area (Å²) in [5.41, 5.74) is 4.12. The molecule has 0 bridgehead atoms. The molecule has 0 saturated carbocycles. The number of aryl methyl sites for hydroxylation is 1. The average molecular weight is 1150 g/mol. The summed E-state index contributed by atoms with van der Waals surface area (Å²) in [6.07, 6.45) is 4.58. The van der Waals surface area contributed by atoms with Gasteiger partial charge in [0.1, 0.15) is 5.82 Å². The molecule has 0 aliphatic carbocycles. The van der Waals surface area contributed by atoms with Crippen LogP contribution in [-0.4, -0.2) is 18.7 Å². The van der Waals surface area contributed by atoms with Gasteiger partial charge in [0.05, 0.1) is 48.3 Å². The fraction of sp³-hybridized carbons (Fsp3) is 0.0149. The first-order valence-electron chi connectivity index (χ1n) is 32.1. The summed E-state index contributed by atoms with van der Waals surface area (Å²) in [6, 6.07) is 41.7. The summed E-state index contributed by atoms with van der Waals surface area (Å²) in [6.45, 7) is -2.88. The molecular weight excluding hydrogens is 1090 g/mol. The van der Waals surface area contributed by atoms with Gasteiger partial charge in [-0.05, 0) is 87.7 Å². The Hall–Kier alpha value is -9.09. The van der Waals surface area contributed by atoms with Crippen LogP contribution in [0.2, 0.25) is 0 Å². The molecule has 10 aromatic carbocycles. The first kappa shape index (κ1) is 29.4. The van der Waals surface area contributed by atoms with E-state index in [2.05, 4.69) is 47.3 Å². The first-order valence-corrected chi connectivity index (χ1v) is 23.1. The normalized spacial score (nSPS) is 15.1. The molecule has 354 valence electrons. The van der Waals surface area contributed by atoms with Crippen LogP contribution in [0.5, 0.6) is 11.5 Å². The number of nitrogens with zero attached hydrogens (tertiary/aromatic N) is 5. The molecule has 0 fully saturated rings. The Bertz CT molecular complexity index is 5260. The number of hydrogen-bond donors (Lipinski definition) is 0. The van der Waals surface area contributed by atoms with Crippen LogP contribution in [0.3, 0.4) is 0 Å². The number of ether oxygens (including phenoxy) is 1. The van der Waals surface area contributed by atoms with Gasteiger partial charge in [0.15, 0.2) is 0 Å². The number of hydrogen-bond acceptors (Lipinski definition) is 2. The van der Waals surface area contributed by atoms with Crippen molar-refractivity contribution in [1.29, 1.82) is 0 Å². The Kier molecular flexibility index (Phi) is 7.36. The van der Waals surface area contributed by atoms with Gasteiger partial charge in [0.25, 0.3) is 6.33 Å². The minimum atomic E-state index is -2.88. The van der Waals surface area contributed by atoms with Crippen molar-refractivity contribution in [3.8, 4) is 67.8 Å². The molecular formula is C67H43N5OPt-2. The third-order valence-corrected chi connectivity index (χ3v) is 12.9. The molecule has 74 heavy (non-hydrogen) atoms. The summed E-state index contributed by atoms with van der Waals surface area (Å²) >= 11 is 0. The van der Waals surface area contributed by atoms with Crippen LogP contribution in [0.1, 0.15) is 30.2 Å². The number of rotatable bonds is 9. The van der Waals surface area contributed by atoms with Crippen LogP contribution in [0, 0.1) is 25.3 Å². The Morgan fingerprint density at radius 3 is 1.78 bits per heavy atom. The molecule has 7 heteroatoms. The molecule has 0 amide bonds. The van der Waals surface area contributed by atoms with E-state index in [0.717, 1.165) is 32.9 Å². The molecule has 4 heterocycles. The van der Waals surface area contributed by atoms with E-state index in [9.17, 15) is 0 Å². The van der Waals surface area contributed by atoms with Crippen molar-refractivity contribution < 1.29 is 55.0 Å². The standard InChI is InChI=1S/C67H43N5O.Pt/c1-45-39-66(68-43-59(45)48-23-9-4-10-24-48)72-62-38-35-50(71-60-31-13-11-27-55(60)56-28-12-14-32-61(56)71)41-58(62)57-37-36-52(42-65(57)72)73-51-26-17-25-49(40-51)69-44-70(64-34-16-15-33-63(64)69)67-53(46-19-5-2-6-20-46)29-18-30-54(67)47-21-7-3-8-22-47;/h2-39,41,43H,1H3;/q-2;/i1D3,2D,3D,4D,5D,6D,7D,8D,9D,10D,19D,20D,21D,22D,23D,24D;. The number of fused-ring (bicyclic) bond motifs is 7. The zero-order chi connectivity index (χ0) is 64.0. The Balaban J connectivity index is 0.00000773. The fourth-order valence-electron chi connectivity index (χ4n) is 9.81. The van der Waals surface area contributed by atoms with E-state index >= 15 is 0 Å². The summed E-state index contributed by atoms with van der Waals surface area (Å²) in [5, 5.41) is 3.50. The van der Waals surface area contributed by atoms with Crippen molar-refractivity contribution in [3.05, 3.63) is 266 Å². The topological polar surface area (TPSA) is 40.8 Å². The van der Waals surface area contributed by atoms with Crippen LogP contribution in [0.4, 0.5) is 0 Å². The van der Waals surface area contributed by atoms with Gasteiger partial charge in [0, 0.05) is 70.4 Å². The van der Waals surface area contributed by atoms with Crippen LogP contribution < -0.4 is 9.30 Å². The van der Waals surface area contributed by atoms with Gasteiger partial charge in [-0.15, -0.1) is 29.7 Å². The fourth-order valence-corrected chi connectivity index (χ4v) is 9.81. The third-order valence-electron chi connectivity index (χ3n) is 12.9. The van der Waals surface area contributed by atoms with Crippen LogP contribution >= 0.6 is 0 Å². The van der Waals surface area contributed by atoms with Gasteiger partial charge in [0.2, 0.25) is 0 Å². The van der Waals surface area contributed by atoms with Gasteiger partial charge < -0.3 is 18.4 Å². The molecule has 0 aliphatic rings. The SMILES string of the molecule is [2H]c1c([2H])c([2H])c(-c2cnc(-n3c4[c-]c(Oc5[c-]c(-n6[c-][n+](-c7c(-c8c([2H])c([2H])c([2H])c([2H])c8[2H])cccc7-c7c([2H])c([2H])c([2H])c([2H])c7[2H])c7ccccc76)ccc5)ccc4c4cc(-n5c6ccccc6c6ccccc65)ccc43)cc2C([2H])([2H])[2H])c([2H])c1[2H].[Pt]. The van der Waals surface area contributed by atoms with Crippen molar-refractivity contribution in [2.45, 2.75) is 6.85 Å². The van der Waals surface area contributed by atoms with Gasteiger partial charge in [-0.25, -0.2) is 4.98 Å². The van der Waals surface area contributed by atoms with Gasteiger partial charge >= 0.3 is 0 Å². The maximum absolute atomic E-state index is 9.09. The summed E-state index contributed by atoms with van der Waals surface area (Å²) < 4.78 is 170. The number of imidazole rings is 1. The Morgan fingerprint density at radius 1 is 0.514 bits per heavy atom. The van der Waals surface area contributed by atoms with E-state index in [1.165, 1.54) is 30.5 Å². The predicted octanol–water partition coefficient (Wildman–Crippen LogP) is 16.0. The Morgan fingerprint density at radius 2 is 1.11 bits per heavy atom. The maximum atomic E-state index is 9.09. The number of pyridine rings is 1. The van der Waals surface area contributed by atoms with Crippen LogP contribution in [0.25, 0.3) is 111 Å². The minimum absolute atomic E-state index is 0. The molecule has 0 atom stereocenters. The van der Waals surface area contributed by atoms with Crippen molar-refractivity contribution in [2.24, 2.45) is 0 Å². The molecule has 0 unspecified atom stereocenters. The number of benzene rings is 10. The molecule has 6 nitrogen and oxygen atoms in total. The van der Waals surface area contributed by atoms with Crippen molar-refractivity contribution in [3.63, 3.8) is 0 Å². The molecule has 0 saturated heterocycles. The van der Waals surface area contributed by atoms with E-state index in [1.807, 2.05) is 48.5 Å². The molecule has 4 aromatic heterocycles. The zero-order valence-electron chi connectivity index (χ0n) is 56.4. The Labute approximate surface area is 467 Å². The second-order valence-corrected chi connectivity index (χ2v) is 17.0. The van der Waals surface area contributed by atoms with Gasteiger partial charge in [-0.3, -0.25) is 4.57 Å². The molecule has 14 rings (SSSR count). The first-order chi connectivity index (χ1) is 43.5. The van der Waals surface area contributed by atoms with Gasteiger partial charge in [-0.1, -0.05) is 175 Å². The predicted molar refractivity (Wildman–Crippen MR) is 295 cm³/mol. The van der Waals surface area contributed by atoms with Gasteiger partial charge in [-0.2, -0.15) is 18.2 Å². The molecule has 0 N–H and O–H groups in total.